The van der Waals surface area contributed by atoms with Crippen molar-refractivity contribution in [1.29, 1.82) is 0 Å². The normalized spacial score (nSPS) is 21.2. The Kier molecular flexibility index (Phi) is 9.70. The molecule has 2 amide bonds. The molecule has 0 saturated heterocycles. The van der Waals surface area contributed by atoms with Crippen LogP contribution in [-0.4, -0.2) is 41.2 Å². The molecule has 7 nitrogen and oxygen atoms in total. The number of nitrogens with one attached hydrogen (secondary N) is 2. The number of carbonyl (C=O) groups excluding carboxylic acids is 2. The quantitative estimate of drug-likeness (QED) is 0.419. The molecule has 0 atom stereocenters. The van der Waals surface area contributed by atoms with Crippen molar-refractivity contribution in [2.75, 3.05) is 5.75 Å². The van der Waals surface area contributed by atoms with Crippen LogP contribution in [0.4, 0.5) is 9.59 Å². The van der Waals surface area contributed by atoms with Crippen LogP contribution in [0.25, 0.3) is 0 Å². The average molecular weight is 374 g/mol. The van der Waals surface area contributed by atoms with E-state index in [2.05, 4.69) is 22.8 Å². The topological polar surface area (TPSA) is 89.0 Å². The summed E-state index contributed by atoms with van der Waals surface area (Å²) in [5.41, 5.74) is 2.48. The van der Waals surface area contributed by atoms with Crippen molar-refractivity contribution in [2.24, 2.45) is 11.0 Å². The highest BCUT2D eigenvalue weighted by atomic mass is 32.2. The van der Waals surface area contributed by atoms with Gasteiger partial charge >= 0.3 is 12.2 Å². The van der Waals surface area contributed by atoms with Gasteiger partial charge in [0.1, 0.15) is 0 Å². The first-order valence-corrected chi connectivity index (χ1v) is 9.94. The minimum atomic E-state index is -0.531. The van der Waals surface area contributed by atoms with Gasteiger partial charge in [0.05, 0.1) is 17.3 Å². The largest absolute Gasteiger partial charge is 0.447 e. The number of hydrogen-bond acceptors (Lipinski definition) is 6. The smallest absolute Gasteiger partial charge is 0.428 e. The third-order valence-electron chi connectivity index (χ3n) is 3.63. The van der Waals surface area contributed by atoms with Crippen molar-refractivity contribution in [3.63, 3.8) is 0 Å². The molecule has 0 aromatic carbocycles. The Hall–Kier alpha value is -1.44. The van der Waals surface area contributed by atoms with Gasteiger partial charge in [0.15, 0.2) is 0 Å². The van der Waals surface area contributed by atoms with Gasteiger partial charge in [-0.25, -0.2) is 15.0 Å². The fraction of sp³-hybridized carbons (Fsp3) is 0.824. The maximum absolute atomic E-state index is 11.7. The first-order chi connectivity index (χ1) is 11.8. The molecule has 0 unspecified atom stereocenters. The van der Waals surface area contributed by atoms with Crippen LogP contribution in [0.1, 0.15) is 60.3 Å². The van der Waals surface area contributed by atoms with Crippen molar-refractivity contribution in [1.82, 2.24) is 10.7 Å². The van der Waals surface area contributed by atoms with Gasteiger partial charge in [-0.1, -0.05) is 6.92 Å². The van der Waals surface area contributed by atoms with Crippen LogP contribution in [0.5, 0.6) is 0 Å². The lowest BCUT2D eigenvalue weighted by Crippen LogP contribution is -2.39. The van der Waals surface area contributed by atoms with E-state index in [4.69, 9.17) is 9.47 Å². The zero-order valence-electron chi connectivity index (χ0n) is 15.8. The van der Waals surface area contributed by atoms with Gasteiger partial charge in [0.2, 0.25) is 0 Å². The number of rotatable bonds is 6. The van der Waals surface area contributed by atoms with Gasteiger partial charge in [-0.15, -0.1) is 11.8 Å². The summed E-state index contributed by atoms with van der Waals surface area (Å²) in [7, 11) is 0. The Morgan fingerprint density at radius 2 is 1.60 bits per heavy atom. The minimum Gasteiger partial charge on any atom is -0.447 e. The van der Waals surface area contributed by atoms with Gasteiger partial charge < -0.3 is 14.8 Å². The molecule has 1 aliphatic rings. The van der Waals surface area contributed by atoms with Crippen LogP contribution in [0.3, 0.4) is 0 Å². The molecule has 1 aliphatic carbocycles. The molecule has 0 heterocycles. The zero-order valence-corrected chi connectivity index (χ0v) is 16.6. The Labute approximate surface area is 154 Å². The van der Waals surface area contributed by atoms with Crippen LogP contribution in [0.2, 0.25) is 0 Å². The molecule has 1 saturated carbocycles. The maximum atomic E-state index is 11.7. The number of carbonyl (C=O) groups is 2. The number of amides is 2. The molecule has 0 aromatic rings. The van der Waals surface area contributed by atoms with E-state index in [-0.39, 0.29) is 24.3 Å². The second-order valence-corrected chi connectivity index (χ2v) is 7.88. The SMILES string of the molecule is CCS/C(=N\NC(=O)OC(C)C)C1CCC(NC(=O)OC(C)C)CC1. The van der Waals surface area contributed by atoms with E-state index < -0.39 is 6.09 Å². The molecule has 0 bridgehead atoms. The molecule has 25 heavy (non-hydrogen) atoms. The standard InChI is InChI=1S/C17H31N3O4S/c1-6-25-15(19-20-17(22)24-12(4)5)13-7-9-14(10-8-13)18-16(21)23-11(2)3/h11-14H,6-10H2,1-5H3,(H,18,21)(H,20,22)/b19-15-. The highest BCUT2D eigenvalue weighted by Gasteiger charge is 2.26. The molecule has 2 N–H and O–H groups in total. The number of alkyl carbamates (subject to hydrolysis) is 1. The first kappa shape index (κ1) is 21.6. The van der Waals surface area contributed by atoms with Crippen LogP contribution in [-0.2, 0) is 9.47 Å². The molecule has 8 heteroatoms. The first-order valence-electron chi connectivity index (χ1n) is 8.95. The molecule has 0 spiro atoms. The van der Waals surface area contributed by atoms with Crippen LogP contribution >= 0.6 is 11.8 Å². The predicted molar refractivity (Wildman–Crippen MR) is 101 cm³/mol. The number of hydrogen-bond donors (Lipinski definition) is 2. The number of thioether (sulfide) groups is 1. The summed E-state index contributed by atoms with van der Waals surface area (Å²) in [6.07, 6.45) is 2.40. The molecule has 144 valence electrons. The van der Waals surface area contributed by atoms with Crippen molar-refractivity contribution >= 4 is 29.0 Å². The van der Waals surface area contributed by atoms with Crippen LogP contribution < -0.4 is 10.7 Å². The van der Waals surface area contributed by atoms with E-state index in [9.17, 15) is 9.59 Å². The fourth-order valence-corrected chi connectivity index (χ4v) is 3.51. The van der Waals surface area contributed by atoms with E-state index in [1.807, 2.05) is 13.8 Å². The molecule has 0 aromatic heterocycles. The van der Waals surface area contributed by atoms with Gasteiger partial charge in [0, 0.05) is 12.0 Å². The van der Waals surface area contributed by atoms with E-state index >= 15 is 0 Å². The molecule has 0 radical (unpaired) electrons. The lowest BCUT2D eigenvalue weighted by molar-refractivity contribution is 0.109. The predicted octanol–water partition coefficient (Wildman–Crippen LogP) is 3.88. The van der Waals surface area contributed by atoms with Crippen molar-refractivity contribution in [3.8, 4) is 0 Å². The summed E-state index contributed by atoms with van der Waals surface area (Å²) < 4.78 is 10.2. The summed E-state index contributed by atoms with van der Waals surface area (Å²) >= 11 is 1.64. The van der Waals surface area contributed by atoms with Crippen molar-refractivity contribution in [3.05, 3.63) is 0 Å². The molecular weight excluding hydrogens is 342 g/mol. The van der Waals surface area contributed by atoms with E-state index in [1.165, 1.54) is 0 Å². The van der Waals surface area contributed by atoms with Gasteiger partial charge in [-0.3, -0.25) is 0 Å². The Morgan fingerprint density at radius 3 is 2.12 bits per heavy atom. The average Bonchev–Trinajstić information content (AvgIpc) is 2.50. The molecule has 0 aliphatic heterocycles. The Balaban J connectivity index is 2.50. The molecule has 1 fully saturated rings. The molecular formula is C17H31N3O4S. The monoisotopic (exact) mass is 373 g/mol. The Morgan fingerprint density at radius 1 is 1.04 bits per heavy atom. The second kappa shape index (κ2) is 11.2. The number of ether oxygens (including phenoxy) is 2. The summed E-state index contributed by atoms with van der Waals surface area (Å²) in [6, 6.07) is 0.134. The Bertz CT molecular complexity index is 461. The van der Waals surface area contributed by atoms with Crippen molar-refractivity contribution in [2.45, 2.75) is 78.6 Å². The highest BCUT2D eigenvalue weighted by molar-refractivity contribution is 8.13. The third-order valence-corrected chi connectivity index (χ3v) is 4.64. The van der Waals surface area contributed by atoms with Crippen LogP contribution in [0, 0.1) is 5.92 Å². The highest BCUT2D eigenvalue weighted by Crippen LogP contribution is 2.29. The second-order valence-electron chi connectivity index (χ2n) is 6.60. The van der Waals surface area contributed by atoms with Crippen molar-refractivity contribution < 1.29 is 19.1 Å². The van der Waals surface area contributed by atoms with Gasteiger partial charge in [-0.2, -0.15) is 5.10 Å². The summed E-state index contributed by atoms with van der Waals surface area (Å²) in [6.45, 7) is 9.31. The summed E-state index contributed by atoms with van der Waals surface area (Å²) in [5, 5.41) is 8.10. The van der Waals surface area contributed by atoms with Gasteiger partial charge in [0.25, 0.3) is 0 Å². The summed E-state index contributed by atoms with van der Waals surface area (Å²) in [4.78, 5) is 23.3. The maximum Gasteiger partial charge on any atom is 0.428 e. The fourth-order valence-electron chi connectivity index (χ4n) is 2.63. The molecule has 1 rings (SSSR count). The minimum absolute atomic E-state index is 0.118. The number of hydrazone groups is 1. The zero-order chi connectivity index (χ0) is 18.8. The third kappa shape index (κ3) is 9.00. The van der Waals surface area contributed by atoms with E-state index in [0.717, 1.165) is 36.5 Å². The summed E-state index contributed by atoms with van der Waals surface area (Å²) in [5.74, 6) is 1.18. The lowest BCUT2D eigenvalue weighted by Gasteiger charge is -2.29. The van der Waals surface area contributed by atoms with E-state index in [0.29, 0.717) is 5.92 Å². The van der Waals surface area contributed by atoms with E-state index in [1.54, 1.807) is 25.6 Å². The van der Waals surface area contributed by atoms with Crippen LogP contribution in [0.15, 0.2) is 5.10 Å². The van der Waals surface area contributed by atoms with Gasteiger partial charge in [-0.05, 0) is 59.1 Å². The lowest BCUT2D eigenvalue weighted by atomic mass is 9.86. The number of nitrogens with zero attached hydrogens (tertiary/aromatic N) is 1.